The molecule has 1 aromatic carbocycles. The smallest absolute Gasteiger partial charge is 0.241 e. The van der Waals surface area contributed by atoms with Gasteiger partial charge in [0.1, 0.15) is 5.54 Å². The molecule has 0 bridgehead atoms. The van der Waals surface area contributed by atoms with Crippen LogP contribution in [0.2, 0.25) is 0 Å². The van der Waals surface area contributed by atoms with Gasteiger partial charge in [0.2, 0.25) is 11.8 Å². The molecule has 1 saturated heterocycles. The summed E-state index contributed by atoms with van der Waals surface area (Å²) < 4.78 is 0. The Bertz CT molecular complexity index is 661. The highest BCUT2D eigenvalue weighted by Crippen LogP contribution is 2.38. The van der Waals surface area contributed by atoms with Crippen LogP contribution in [-0.2, 0) is 9.59 Å². The van der Waals surface area contributed by atoms with Crippen LogP contribution in [0.25, 0.3) is 0 Å². The lowest BCUT2D eigenvalue weighted by atomic mass is 9.79. The number of anilines is 1. The summed E-state index contributed by atoms with van der Waals surface area (Å²) in [7, 11) is 0. The number of para-hydroxylation sites is 1. The molecule has 5 heteroatoms. The first-order valence-corrected chi connectivity index (χ1v) is 9.64. The number of nitrogens with one attached hydrogen (secondary N) is 2. The SMILES string of the molecule is O=C1CC(NC(=O)C2(N3CCCC3)CCCCC2)c2ccccc2N1. The van der Waals surface area contributed by atoms with E-state index < -0.39 is 0 Å². The zero-order valence-corrected chi connectivity index (χ0v) is 14.7. The normalized spacial score (nSPS) is 25.9. The van der Waals surface area contributed by atoms with Crippen molar-refractivity contribution >= 4 is 17.5 Å². The predicted octanol–water partition coefficient (Wildman–Crippen LogP) is 2.98. The number of benzene rings is 1. The molecule has 5 nitrogen and oxygen atoms in total. The second-order valence-corrected chi connectivity index (χ2v) is 7.65. The van der Waals surface area contributed by atoms with Gasteiger partial charge in [0, 0.05) is 5.69 Å². The van der Waals surface area contributed by atoms with E-state index in [0.29, 0.717) is 6.42 Å². The highest BCUT2D eigenvalue weighted by atomic mass is 16.2. The van der Waals surface area contributed by atoms with Crippen LogP contribution in [-0.4, -0.2) is 35.3 Å². The quantitative estimate of drug-likeness (QED) is 0.888. The van der Waals surface area contributed by atoms with E-state index >= 15 is 0 Å². The van der Waals surface area contributed by atoms with E-state index in [1.807, 2.05) is 24.3 Å². The van der Waals surface area contributed by atoms with Crippen molar-refractivity contribution in [1.82, 2.24) is 10.2 Å². The fourth-order valence-electron chi connectivity index (χ4n) is 4.80. The first-order valence-electron chi connectivity index (χ1n) is 9.64. The number of likely N-dealkylation sites (tertiary alicyclic amines) is 1. The number of hydrogen-bond donors (Lipinski definition) is 2. The van der Waals surface area contributed by atoms with Gasteiger partial charge in [-0.15, -0.1) is 0 Å². The van der Waals surface area contributed by atoms with Crippen LogP contribution in [0.5, 0.6) is 0 Å². The summed E-state index contributed by atoms with van der Waals surface area (Å²) in [6, 6.07) is 7.56. The Morgan fingerprint density at radius 3 is 2.56 bits per heavy atom. The average molecular weight is 341 g/mol. The van der Waals surface area contributed by atoms with Gasteiger partial charge in [0.25, 0.3) is 0 Å². The minimum Gasteiger partial charge on any atom is -0.347 e. The van der Waals surface area contributed by atoms with Gasteiger partial charge in [-0.2, -0.15) is 0 Å². The molecule has 0 radical (unpaired) electrons. The van der Waals surface area contributed by atoms with Gasteiger partial charge in [-0.1, -0.05) is 37.5 Å². The molecule has 134 valence electrons. The van der Waals surface area contributed by atoms with E-state index in [2.05, 4.69) is 15.5 Å². The second-order valence-electron chi connectivity index (χ2n) is 7.65. The molecular weight excluding hydrogens is 314 g/mol. The van der Waals surface area contributed by atoms with Crippen LogP contribution >= 0.6 is 0 Å². The molecule has 2 fully saturated rings. The molecule has 0 aromatic heterocycles. The Labute approximate surface area is 149 Å². The minimum absolute atomic E-state index is 0.0251. The van der Waals surface area contributed by atoms with Crippen molar-refractivity contribution in [2.75, 3.05) is 18.4 Å². The van der Waals surface area contributed by atoms with Crippen LogP contribution in [0.4, 0.5) is 5.69 Å². The molecule has 2 amide bonds. The predicted molar refractivity (Wildman–Crippen MR) is 97.2 cm³/mol. The maximum atomic E-state index is 13.4. The van der Waals surface area contributed by atoms with E-state index in [9.17, 15) is 9.59 Å². The van der Waals surface area contributed by atoms with Crippen molar-refractivity contribution in [3.05, 3.63) is 29.8 Å². The van der Waals surface area contributed by atoms with Gasteiger partial charge in [-0.3, -0.25) is 14.5 Å². The monoisotopic (exact) mass is 341 g/mol. The van der Waals surface area contributed by atoms with E-state index in [1.165, 1.54) is 19.3 Å². The van der Waals surface area contributed by atoms with Crippen molar-refractivity contribution in [2.45, 2.75) is 62.9 Å². The third kappa shape index (κ3) is 3.06. The highest BCUT2D eigenvalue weighted by molar-refractivity contribution is 5.96. The molecule has 1 aliphatic carbocycles. The summed E-state index contributed by atoms with van der Waals surface area (Å²) in [4.78, 5) is 27.9. The summed E-state index contributed by atoms with van der Waals surface area (Å²) in [5.41, 5.74) is 1.48. The van der Waals surface area contributed by atoms with Crippen LogP contribution in [0.3, 0.4) is 0 Å². The van der Waals surface area contributed by atoms with Crippen molar-refractivity contribution in [1.29, 1.82) is 0 Å². The second kappa shape index (κ2) is 6.79. The molecule has 1 atom stereocenters. The molecule has 1 aromatic rings. The van der Waals surface area contributed by atoms with E-state index in [1.54, 1.807) is 0 Å². The van der Waals surface area contributed by atoms with Gasteiger partial charge in [-0.05, 0) is 50.4 Å². The average Bonchev–Trinajstić information content (AvgIpc) is 3.17. The lowest BCUT2D eigenvalue weighted by Crippen LogP contribution is -2.59. The van der Waals surface area contributed by atoms with Gasteiger partial charge in [-0.25, -0.2) is 0 Å². The standard InChI is InChI=1S/C20H27N3O2/c24-18-14-17(15-8-2-3-9-16(15)21-18)22-19(25)20(10-4-1-5-11-20)23-12-6-7-13-23/h2-3,8-9,17H,1,4-7,10-14H2,(H,21,24)(H,22,25). The lowest BCUT2D eigenvalue weighted by Gasteiger charge is -2.44. The van der Waals surface area contributed by atoms with Gasteiger partial charge in [0.05, 0.1) is 12.5 Å². The summed E-state index contributed by atoms with van der Waals surface area (Å²) >= 11 is 0. The summed E-state index contributed by atoms with van der Waals surface area (Å²) in [6.45, 7) is 2.05. The Morgan fingerprint density at radius 2 is 1.80 bits per heavy atom. The molecule has 2 N–H and O–H groups in total. The fourth-order valence-corrected chi connectivity index (χ4v) is 4.80. The number of carbonyl (C=O) groups excluding carboxylic acids is 2. The molecular formula is C20H27N3O2. The van der Waals surface area contributed by atoms with E-state index in [0.717, 1.165) is 50.0 Å². The molecule has 0 spiro atoms. The summed E-state index contributed by atoms with van der Waals surface area (Å²) in [5, 5.41) is 6.16. The number of carbonyl (C=O) groups is 2. The van der Waals surface area contributed by atoms with E-state index in [-0.39, 0.29) is 23.4 Å². The largest absolute Gasteiger partial charge is 0.347 e. The molecule has 1 saturated carbocycles. The van der Waals surface area contributed by atoms with Crippen LogP contribution in [0, 0.1) is 0 Å². The number of amides is 2. The van der Waals surface area contributed by atoms with Gasteiger partial charge >= 0.3 is 0 Å². The zero-order chi connectivity index (χ0) is 17.3. The van der Waals surface area contributed by atoms with Crippen molar-refractivity contribution in [2.24, 2.45) is 0 Å². The highest BCUT2D eigenvalue weighted by Gasteiger charge is 2.46. The van der Waals surface area contributed by atoms with E-state index in [4.69, 9.17) is 0 Å². The first kappa shape index (κ1) is 16.6. The number of rotatable bonds is 3. The Morgan fingerprint density at radius 1 is 1.08 bits per heavy atom. The summed E-state index contributed by atoms with van der Waals surface area (Å²) in [5.74, 6) is 0.103. The Hall–Kier alpha value is -1.88. The molecule has 4 rings (SSSR count). The van der Waals surface area contributed by atoms with Gasteiger partial charge in [0.15, 0.2) is 0 Å². The van der Waals surface area contributed by atoms with Gasteiger partial charge < -0.3 is 10.6 Å². The zero-order valence-electron chi connectivity index (χ0n) is 14.7. The Kier molecular flexibility index (Phi) is 4.50. The molecule has 2 aliphatic heterocycles. The lowest BCUT2D eigenvalue weighted by molar-refractivity contribution is -0.136. The van der Waals surface area contributed by atoms with Crippen LogP contribution in [0.15, 0.2) is 24.3 Å². The number of hydrogen-bond acceptors (Lipinski definition) is 3. The molecule has 3 aliphatic rings. The number of nitrogens with zero attached hydrogens (tertiary/aromatic N) is 1. The van der Waals surface area contributed by atoms with Crippen molar-refractivity contribution in [3.8, 4) is 0 Å². The molecule has 1 unspecified atom stereocenters. The maximum Gasteiger partial charge on any atom is 0.241 e. The molecule has 25 heavy (non-hydrogen) atoms. The van der Waals surface area contributed by atoms with Crippen LogP contribution < -0.4 is 10.6 Å². The van der Waals surface area contributed by atoms with Crippen molar-refractivity contribution in [3.63, 3.8) is 0 Å². The summed E-state index contributed by atoms with van der Waals surface area (Å²) in [6.07, 6.45) is 8.03. The maximum absolute atomic E-state index is 13.4. The minimum atomic E-state index is -0.363. The topological polar surface area (TPSA) is 61.4 Å². The van der Waals surface area contributed by atoms with Crippen molar-refractivity contribution < 1.29 is 9.59 Å². The molecule has 2 heterocycles. The van der Waals surface area contributed by atoms with Crippen LogP contribution in [0.1, 0.15) is 63.0 Å². The third-order valence-electron chi connectivity index (χ3n) is 6.12. The number of fused-ring (bicyclic) bond motifs is 1. The third-order valence-corrected chi connectivity index (χ3v) is 6.12. The first-order chi connectivity index (χ1) is 12.2. The fraction of sp³-hybridized carbons (Fsp3) is 0.600. The Balaban J connectivity index is 1.58.